The van der Waals surface area contributed by atoms with Gasteiger partial charge < -0.3 is 5.73 Å². The van der Waals surface area contributed by atoms with Crippen LogP contribution in [0.3, 0.4) is 0 Å². The number of hydrogen-bond acceptors (Lipinski definition) is 3. The predicted molar refractivity (Wildman–Crippen MR) is 73.6 cm³/mol. The monoisotopic (exact) mass is 260 g/mol. The van der Waals surface area contributed by atoms with Crippen molar-refractivity contribution in [1.29, 1.82) is 0 Å². The van der Waals surface area contributed by atoms with Crippen molar-refractivity contribution in [3.05, 3.63) is 11.9 Å². The molecule has 0 spiro atoms. The summed E-state index contributed by atoms with van der Waals surface area (Å²) < 4.78 is 2.10. The van der Waals surface area contributed by atoms with Crippen molar-refractivity contribution in [3.63, 3.8) is 0 Å². The lowest BCUT2D eigenvalue weighted by Crippen LogP contribution is -2.44. The topological polar surface area (TPSA) is 56.7 Å². The van der Waals surface area contributed by atoms with E-state index in [0.717, 1.165) is 23.7 Å². The molecule has 4 aliphatic carbocycles. The summed E-state index contributed by atoms with van der Waals surface area (Å²) in [6.45, 7) is 2.79. The molecule has 4 fully saturated rings. The van der Waals surface area contributed by atoms with Gasteiger partial charge in [0, 0.05) is 12.5 Å². The summed E-state index contributed by atoms with van der Waals surface area (Å²) in [7, 11) is 0. The second kappa shape index (κ2) is 4.30. The predicted octanol–water partition coefficient (Wildman–Crippen LogP) is 2.34. The van der Waals surface area contributed by atoms with Gasteiger partial charge in [-0.3, -0.25) is 0 Å². The molecule has 1 aromatic rings. The number of nitrogens with zero attached hydrogens (tertiary/aromatic N) is 3. The molecule has 5 rings (SSSR count). The zero-order valence-electron chi connectivity index (χ0n) is 11.7. The molecule has 4 nitrogen and oxygen atoms in total. The van der Waals surface area contributed by atoms with Crippen LogP contribution in [0.5, 0.6) is 0 Å². The van der Waals surface area contributed by atoms with Crippen LogP contribution in [0.4, 0.5) is 0 Å². The first-order chi connectivity index (χ1) is 9.26. The van der Waals surface area contributed by atoms with Crippen molar-refractivity contribution >= 4 is 0 Å². The molecule has 19 heavy (non-hydrogen) atoms. The van der Waals surface area contributed by atoms with E-state index < -0.39 is 0 Å². The van der Waals surface area contributed by atoms with Gasteiger partial charge >= 0.3 is 0 Å². The van der Waals surface area contributed by atoms with Crippen LogP contribution in [0.1, 0.15) is 56.7 Å². The zero-order chi connectivity index (χ0) is 13.0. The molecular weight excluding hydrogens is 236 g/mol. The molecule has 1 heterocycles. The normalized spacial score (nSPS) is 41.7. The molecule has 0 saturated heterocycles. The third-order valence-corrected chi connectivity index (χ3v) is 5.93. The molecule has 0 aliphatic heterocycles. The van der Waals surface area contributed by atoms with Crippen LogP contribution in [-0.2, 0) is 0 Å². The first-order valence-electron chi connectivity index (χ1n) is 7.86. The van der Waals surface area contributed by atoms with E-state index in [1.54, 1.807) is 0 Å². The average molecular weight is 260 g/mol. The zero-order valence-corrected chi connectivity index (χ0v) is 11.7. The minimum atomic E-state index is 0.273. The van der Waals surface area contributed by atoms with Crippen molar-refractivity contribution in [1.82, 2.24) is 15.0 Å². The van der Waals surface area contributed by atoms with Gasteiger partial charge in [0.25, 0.3) is 0 Å². The fourth-order valence-electron chi connectivity index (χ4n) is 5.34. The number of aromatic nitrogens is 3. The highest BCUT2D eigenvalue weighted by Gasteiger charge is 2.49. The summed E-state index contributed by atoms with van der Waals surface area (Å²) in [5.41, 5.74) is 7.19. The lowest BCUT2D eigenvalue weighted by molar-refractivity contribution is -0.00598. The van der Waals surface area contributed by atoms with Crippen LogP contribution in [-0.4, -0.2) is 21.5 Å². The summed E-state index contributed by atoms with van der Waals surface area (Å²) in [4.78, 5) is 0. The summed E-state index contributed by atoms with van der Waals surface area (Å²) >= 11 is 0. The largest absolute Gasteiger partial charge is 0.328 e. The first-order valence-corrected chi connectivity index (χ1v) is 7.86. The highest BCUT2D eigenvalue weighted by molar-refractivity contribution is 5.15. The molecule has 1 aromatic heterocycles. The second-order valence-electron chi connectivity index (χ2n) is 7.14. The maximum absolute atomic E-state index is 5.82. The Bertz CT molecular complexity index is 438. The second-order valence-corrected chi connectivity index (χ2v) is 7.14. The van der Waals surface area contributed by atoms with Gasteiger partial charge in [-0.05, 0) is 62.7 Å². The molecule has 0 aromatic carbocycles. The molecule has 1 unspecified atom stereocenters. The van der Waals surface area contributed by atoms with E-state index in [-0.39, 0.29) is 6.04 Å². The van der Waals surface area contributed by atoms with Gasteiger partial charge in [0.2, 0.25) is 0 Å². The van der Waals surface area contributed by atoms with E-state index >= 15 is 0 Å². The van der Waals surface area contributed by atoms with Crippen molar-refractivity contribution in [2.24, 2.45) is 29.4 Å². The lowest BCUT2D eigenvalue weighted by Gasteiger charge is -2.54. The van der Waals surface area contributed by atoms with Gasteiger partial charge in [0.15, 0.2) is 0 Å². The van der Waals surface area contributed by atoms with E-state index in [1.165, 1.54) is 37.8 Å². The van der Waals surface area contributed by atoms with Crippen LogP contribution < -0.4 is 5.73 Å². The minimum absolute atomic E-state index is 0.273. The Labute approximate surface area is 114 Å². The van der Waals surface area contributed by atoms with Crippen molar-refractivity contribution in [2.45, 2.75) is 51.0 Å². The minimum Gasteiger partial charge on any atom is -0.328 e. The van der Waals surface area contributed by atoms with Crippen LogP contribution in [0.2, 0.25) is 0 Å². The number of rotatable bonds is 3. The Balaban J connectivity index is 1.67. The fraction of sp³-hybridized carbons (Fsp3) is 0.867. The Hall–Kier alpha value is -0.900. The van der Waals surface area contributed by atoms with Crippen LogP contribution in [0.15, 0.2) is 6.20 Å². The fourth-order valence-corrected chi connectivity index (χ4v) is 5.34. The summed E-state index contributed by atoms with van der Waals surface area (Å²) in [5, 5.41) is 8.49. The first kappa shape index (κ1) is 11.9. The Morgan fingerprint density at radius 1 is 1.21 bits per heavy atom. The van der Waals surface area contributed by atoms with Gasteiger partial charge in [-0.1, -0.05) is 5.21 Å². The Morgan fingerprint density at radius 2 is 1.84 bits per heavy atom. The van der Waals surface area contributed by atoms with Crippen molar-refractivity contribution < 1.29 is 0 Å². The molecule has 4 bridgehead atoms. The standard InChI is InChI=1S/C15H24N4/c1-9(7-16)19-14(8-17-18-19)15-12-3-10-2-11(5-12)6-13(15)4-10/h8-13,15H,2-7,16H2,1H3. The smallest absolute Gasteiger partial charge is 0.0728 e. The van der Waals surface area contributed by atoms with Crippen molar-refractivity contribution in [3.8, 4) is 0 Å². The molecule has 0 radical (unpaired) electrons. The maximum atomic E-state index is 5.82. The Morgan fingerprint density at radius 3 is 2.42 bits per heavy atom. The van der Waals surface area contributed by atoms with Gasteiger partial charge in [0.1, 0.15) is 0 Å². The molecular formula is C15H24N4. The van der Waals surface area contributed by atoms with Gasteiger partial charge in [0.05, 0.1) is 17.9 Å². The van der Waals surface area contributed by atoms with E-state index in [9.17, 15) is 0 Å². The SMILES string of the molecule is CC(CN)n1nncc1C1C2CC3CC(C2)CC1C3. The van der Waals surface area contributed by atoms with Crippen LogP contribution in [0.25, 0.3) is 0 Å². The van der Waals surface area contributed by atoms with E-state index in [0.29, 0.717) is 12.5 Å². The van der Waals surface area contributed by atoms with Gasteiger partial charge in [-0.25, -0.2) is 4.68 Å². The van der Waals surface area contributed by atoms with Gasteiger partial charge in [-0.15, -0.1) is 5.10 Å². The maximum Gasteiger partial charge on any atom is 0.0728 e. The summed E-state index contributed by atoms with van der Waals surface area (Å²) in [6.07, 6.45) is 9.30. The number of hydrogen-bond donors (Lipinski definition) is 1. The highest BCUT2D eigenvalue weighted by atomic mass is 15.4. The lowest BCUT2D eigenvalue weighted by atomic mass is 9.51. The molecule has 0 amide bonds. The third kappa shape index (κ3) is 1.76. The quantitative estimate of drug-likeness (QED) is 0.907. The highest BCUT2D eigenvalue weighted by Crippen LogP contribution is 2.59. The molecule has 2 N–H and O–H groups in total. The summed E-state index contributed by atoms with van der Waals surface area (Å²) in [6, 6.07) is 0.273. The number of nitrogens with two attached hydrogens (primary N) is 1. The Kier molecular flexibility index (Phi) is 2.69. The third-order valence-electron chi connectivity index (χ3n) is 5.93. The molecule has 1 atom stereocenters. The van der Waals surface area contributed by atoms with Crippen LogP contribution in [0, 0.1) is 23.7 Å². The molecule has 4 saturated carbocycles. The summed E-state index contributed by atoms with van der Waals surface area (Å²) in [5.74, 6) is 4.53. The van der Waals surface area contributed by atoms with E-state index in [1.807, 2.05) is 6.20 Å². The van der Waals surface area contributed by atoms with Crippen molar-refractivity contribution in [2.75, 3.05) is 6.54 Å². The molecule has 4 aliphatic rings. The molecule has 104 valence electrons. The van der Waals surface area contributed by atoms with E-state index in [4.69, 9.17) is 5.73 Å². The average Bonchev–Trinajstić information content (AvgIpc) is 2.85. The van der Waals surface area contributed by atoms with Gasteiger partial charge in [-0.2, -0.15) is 0 Å². The van der Waals surface area contributed by atoms with E-state index in [2.05, 4.69) is 21.9 Å². The van der Waals surface area contributed by atoms with Crippen LogP contribution >= 0.6 is 0 Å². The molecule has 4 heteroatoms.